The fourth-order valence-electron chi connectivity index (χ4n) is 13.6. The van der Waals surface area contributed by atoms with E-state index in [0.717, 1.165) is 27.7 Å². The number of hydrogen-bond donors (Lipinski definition) is 20. The van der Waals surface area contributed by atoms with Gasteiger partial charge in [0.25, 0.3) is 0 Å². The van der Waals surface area contributed by atoms with E-state index in [0.29, 0.717) is 25.8 Å². The van der Waals surface area contributed by atoms with Gasteiger partial charge in [0.1, 0.15) is 134 Å². The fourth-order valence-corrected chi connectivity index (χ4v) is 15.8. The second-order valence-electron chi connectivity index (χ2n) is 28.1. The molecule has 8 rings (SSSR count). The van der Waals surface area contributed by atoms with Crippen molar-refractivity contribution in [3.8, 4) is 0 Å². The lowest BCUT2D eigenvalue weighted by molar-refractivity contribution is -0.361. The lowest BCUT2D eigenvalue weighted by Crippen LogP contribution is -2.69. The van der Waals surface area contributed by atoms with Crippen LogP contribution in [0.25, 0.3) is 0 Å². The van der Waals surface area contributed by atoms with Crippen LogP contribution in [0.1, 0.15) is 59.8 Å². The van der Waals surface area contributed by atoms with Crippen molar-refractivity contribution >= 4 is 86.0 Å². The highest BCUT2D eigenvalue weighted by Gasteiger charge is 2.58. The van der Waals surface area contributed by atoms with Crippen LogP contribution in [-0.2, 0) is 182 Å². The van der Waals surface area contributed by atoms with E-state index < -0.39 is 360 Å². The number of carbonyl (C=O) groups is 4. The molecule has 4 amide bonds. The molecule has 8 saturated heterocycles. The fraction of sp³-hybridized carbons (Fsp3) is 0.930. The van der Waals surface area contributed by atoms with Crippen molar-refractivity contribution in [1.82, 2.24) is 21.3 Å². The van der Waals surface area contributed by atoms with E-state index in [1.165, 1.54) is 0 Å². The topological polar surface area (TPSA) is 854 Å². The first-order valence-corrected chi connectivity index (χ1v) is 44.3. The standard InChI is InChI=1S/C57H97N5O53S6/c1-20(63)59-36-43(72)40(69)30(16-99-116(76,77)78)107-52(36)103-26-12-95-34(10-24(26)67)111-48-32(18-101-118(82,83)84)109-55(38(45(48)74)61-22(3)65)106-29-15-98-57(51(42(29)71)115-121(91,92)93)113-49-33(19-102-119(85,86)87)110-53(39(46(49)75)62-23(4)66)104-27-13-96-35(11-25(27)68)112-47-31(17-100-117(79,80)81)108-54(37(44(47)73)60-21(2)64)105-28-14-97-56(94-9-7-5-6-8-58)50(41(28)70)114-120(88,89)90/h24-57,67-75H,5-19,58H2,1-4H3,(H,59,63)(H,60,64)(H,61,65)(H,62,66)(H,76,77,78)(H,79,80,81)(H,82,83,84)(H,85,86,87)(H,88,89,90)(H,91,92,93)/t24-,25-,26+,27+,28+,29+,30?,31?,32?,33?,34-,35-,36?,37?,38?,39?,40+,41-,42-,43+,44+,45+,46+,47+,48+,49+,50?,51?,52-,53-,54-,55-,56+,57-/m0/s1. The number of amides is 4. The number of carbonyl (C=O) groups excluding carboxylic acids is 4. The highest BCUT2D eigenvalue weighted by Crippen LogP contribution is 2.38. The average Bonchev–Trinajstić information content (AvgIpc) is 0.776. The molecule has 8 fully saturated rings. The minimum absolute atomic E-state index is 0.0949. The van der Waals surface area contributed by atoms with E-state index in [4.69, 9.17) is 90.3 Å². The third-order valence-electron chi connectivity index (χ3n) is 18.9. The molecule has 121 heavy (non-hydrogen) atoms. The Morgan fingerprint density at radius 2 is 0.645 bits per heavy atom. The predicted octanol–water partition coefficient (Wildman–Crippen LogP) is -13.1. The van der Waals surface area contributed by atoms with Crippen LogP contribution in [-0.4, -0.2) is 422 Å². The van der Waals surface area contributed by atoms with Crippen LogP contribution in [0.3, 0.4) is 0 Å². The summed E-state index contributed by atoms with van der Waals surface area (Å²) in [6, 6.07) is -7.52. The summed E-state index contributed by atoms with van der Waals surface area (Å²) in [7, 11) is -32.8. The lowest BCUT2D eigenvalue weighted by Gasteiger charge is -2.49. The molecule has 58 nitrogen and oxygen atoms in total. The van der Waals surface area contributed by atoms with Gasteiger partial charge >= 0.3 is 62.4 Å². The third-order valence-corrected chi connectivity index (χ3v) is 21.6. The number of rotatable bonds is 40. The number of nitrogens with two attached hydrogens (primary N) is 1. The predicted molar refractivity (Wildman–Crippen MR) is 373 cm³/mol. The molecule has 8 aliphatic rings. The number of aliphatic hydroxyl groups excluding tert-OH is 9. The molecule has 34 atom stereocenters. The Morgan fingerprint density at radius 3 is 0.975 bits per heavy atom. The maximum atomic E-state index is 12.9. The van der Waals surface area contributed by atoms with E-state index in [1.807, 2.05) is 0 Å². The summed E-state index contributed by atoms with van der Waals surface area (Å²) in [6.45, 7) is -4.73. The Balaban J connectivity index is 0.965. The van der Waals surface area contributed by atoms with Crippen molar-refractivity contribution in [1.29, 1.82) is 0 Å². The van der Waals surface area contributed by atoms with Crippen molar-refractivity contribution in [3.05, 3.63) is 0 Å². The largest absolute Gasteiger partial charge is 0.397 e. The van der Waals surface area contributed by atoms with Crippen molar-refractivity contribution in [2.45, 2.75) is 269 Å². The van der Waals surface area contributed by atoms with Crippen molar-refractivity contribution in [2.75, 3.05) is 66.0 Å². The summed E-state index contributed by atoms with van der Waals surface area (Å²) >= 11 is 0. The van der Waals surface area contributed by atoms with Gasteiger partial charge in [-0.2, -0.15) is 50.5 Å². The highest BCUT2D eigenvalue weighted by molar-refractivity contribution is 7.82. The molecule has 0 spiro atoms. The maximum Gasteiger partial charge on any atom is 0.397 e. The maximum absolute atomic E-state index is 12.9. The minimum atomic E-state index is -5.87. The van der Waals surface area contributed by atoms with Crippen LogP contribution in [0.15, 0.2) is 0 Å². The number of aliphatic hydroxyl groups is 9. The SMILES string of the molecule is CC(=O)NC1[C@@H](O[C@@H]2CO[C@@H](O[C@@H]3C(COS(=O)(=O)O)O[C@H](O[C@@H]4CO[C@@H](O[C@@H]5C(COS(=O)(=O)O)O[C@H](O[C@@H]6CO[C@@H](O[C@@H]7C(COS(=O)(=O)O)O[C@H](O[C@@H]8CO[C@@H](OCCCCCN)C(OS(=O)(=O)O)[C@H]8O)C(NC(C)=O)[C@H]7O)C[C@@H]6O)C(NC(C)=O)[C@H]5O)C(OS(=O)(=O)O)[C@H]4O)C(NC(C)=O)[C@H]3O)C[C@@H]2O)OC(COS(=O)(=O)O)[C@@H](O)[C@@H]1O. The minimum Gasteiger partial charge on any atom is -0.390 e. The molecule has 0 aromatic carbocycles. The average molecular weight is 1890 g/mol. The van der Waals surface area contributed by atoms with Crippen LogP contribution in [0.4, 0.5) is 0 Å². The Labute approximate surface area is 688 Å². The Bertz CT molecular complexity index is 4120. The molecule has 0 radical (unpaired) electrons. The zero-order chi connectivity index (χ0) is 89.9. The zero-order valence-electron chi connectivity index (χ0n) is 63.5. The summed E-state index contributed by atoms with van der Waals surface area (Å²) in [4.78, 5) is 50.6. The van der Waals surface area contributed by atoms with Crippen LogP contribution >= 0.6 is 0 Å². The smallest absolute Gasteiger partial charge is 0.390 e. The molecule has 0 aromatic rings. The molecule has 8 aliphatic heterocycles. The molecule has 8 heterocycles. The Hall–Kier alpha value is -3.94. The van der Waals surface area contributed by atoms with Gasteiger partial charge in [-0.1, -0.05) is 0 Å². The first-order chi connectivity index (χ1) is 56.1. The molecule has 0 saturated carbocycles. The van der Waals surface area contributed by atoms with E-state index in [9.17, 15) is 138 Å². The van der Waals surface area contributed by atoms with Gasteiger partial charge in [-0.25, -0.2) is 25.1 Å². The van der Waals surface area contributed by atoms with Gasteiger partial charge in [0.15, 0.2) is 62.5 Å². The van der Waals surface area contributed by atoms with Crippen molar-refractivity contribution in [2.24, 2.45) is 5.73 Å². The Kier molecular flexibility index (Phi) is 37.2. The second kappa shape index (κ2) is 43.9. The van der Waals surface area contributed by atoms with Gasteiger partial charge in [-0.05, 0) is 25.8 Å². The molecule has 704 valence electrons. The third kappa shape index (κ3) is 30.9. The molecule has 0 bridgehead atoms. The zero-order valence-corrected chi connectivity index (χ0v) is 68.4. The van der Waals surface area contributed by atoms with E-state index in [2.05, 4.69) is 42.2 Å². The molecular weight excluding hydrogens is 1800 g/mol. The molecule has 0 aromatic heterocycles. The molecule has 10 unspecified atom stereocenters. The molecule has 64 heteroatoms. The van der Waals surface area contributed by atoms with Crippen molar-refractivity contribution in [3.63, 3.8) is 0 Å². The quantitative estimate of drug-likeness (QED) is 0.0200. The first kappa shape index (κ1) is 102. The molecule has 21 N–H and O–H groups in total. The van der Waals surface area contributed by atoms with Gasteiger partial charge in [0.05, 0.1) is 65.1 Å². The van der Waals surface area contributed by atoms with Gasteiger partial charge in [-0.15, -0.1) is 0 Å². The first-order valence-electron chi connectivity index (χ1n) is 36.1. The van der Waals surface area contributed by atoms with E-state index in [-0.39, 0.29) is 6.61 Å². The summed E-state index contributed by atoms with van der Waals surface area (Å²) in [6.07, 6.45) is -61.5. The van der Waals surface area contributed by atoms with Crippen LogP contribution < -0.4 is 27.0 Å². The number of unbranched alkanes of at least 4 members (excludes halogenated alkanes) is 2. The molecular formula is C57H97N5O53S6. The van der Waals surface area contributed by atoms with E-state index in [1.54, 1.807) is 0 Å². The summed E-state index contributed by atoms with van der Waals surface area (Å²) in [5, 5.41) is 113. The number of hydrogen-bond acceptors (Lipinski definition) is 48. The Morgan fingerprint density at radius 1 is 0.339 bits per heavy atom. The van der Waals surface area contributed by atoms with Gasteiger partial charge in [0.2, 0.25) is 23.6 Å². The van der Waals surface area contributed by atoms with E-state index >= 15 is 0 Å². The monoisotopic (exact) mass is 1890 g/mol. The van der Waals surface area contributed by atoms with Gasteiger partial charge < -0.3 is 149 Å². The highest BCUT2D eigenvalue weighted by atomic mass is 32.3. The van der Waals surface area contributed by atoms with Crippen LogP contribution in [0.2, 0.25) is 0 Å². The molecule has 0 aliphatic carbocycles. The van der Waals surface area contributed by atoms with Gasteiger partial charge in [-0.3, -0.25) is 46.5 Å². The van der Waals surface area contributed by atoms with Crippen LogP contribution in [0.5, 0.6) is 0 Å². The normalized spacial score (nSPS) is 39.4. The second-order valence-corrected chi connectivity index (χ2v) is 34.6. The lowest BCUT2D eigenvalue weighted by atomic mass is 9.95. The van der Waals surface area contributed by atoms with Crippen molar-refractivity contribution < 1.29 is 244 Å². The van der Waals surface area contributed by atoms with Gasteiger partial charge in [0, 0.05) is 47.1 Å². The number of nitrogens with one attached hydrogen (secondary N) is 4. The summed E-state index contributed by atoms with van der Waals surface area (Å²) in [5.74, 6) is -3.79. The summed E-state index contributed by atoms with van der Waals surface area (Å²) < 4.78 is 322. The van der Waals surface area contributed by atoms with Crippen LogP contribution in [0, 0.1) is 0 Å². The summed E-state index contributed by atoms with van der Waals surface area (Å²) in [5.41, 5.74) is 5.52. The number of ether oxygens (including phenoxy) is 16.